The number of hydrogen-bond donors (Lipinski definition) is 2. The van der Waals surface area contributed by atoms with Crippen molar-refractivity contribution in [3.8, 4) is 0 Å². The molecule has 3 heteroatoms. The van der Waals surface area contributed by atoms with E-state index < -0.39 is 0 Å². The number of hydrogen-bond acceptors (Lipinski definition) is 2. The molecule has 0 spiro atoms. The highest BCUT2D eigenvalue weighted by atomic mass is 79.9. The Morgan fingerprint density at radius 1 is 1.26 bits per heavy atom. The Kier molecular flexibility index (Phi) is 4.57. The Labute approximate surface area is 125 Å². The molecule has 2 nitrogen and oxygen atoms in total. The van der Waals surface area contributed by atoms with Gasteiger partial charge in [0.05, 0.1) is 0 Å². The average Bonchev–Trinajstić information content (AvgIpc) is 2.39. The van der Waals surface area contributed by atoms with Gasteiger partial charge in [0.2, 0.25) is 0 Å². The van der Waals surface area contributed by atoms with Gasteiger partial charge in [-0.3, -0.25) is 0 Å². The standard InChI is InChI=1S/C16H25BrN2/c1-11-4-6-16(10-18,7-5-11)19-14-8-12(2)15(17)13(3)9-14/h8-9,11,19H,4-7,10,18H2,1-3H3. The predicted octanol–water partition coefficient (Wildman–Crippen LogP) is 4.39. The Hall–Kier alpha value is -0.540. The van der Waals surface area contributed by atoms with Crippen LogP contribution in [0.3, 0.4) is 0 Å². The van der Waals surface area contributed by atoms with E-state index in [1.165, 1.54) is 47.0 Å². The van der Waals surface area contributed by atoms with Crippen molar-refractivity contribution in [2.24, 2.45) is 11.7 Å². The van der Waals surface area contributed by atoms with Gasteiger partial charge in [-0.05, 0) is 68.7 Å². The fraction of sp³-hybridized carbons (Fsp3) is 0.625. The van der Waals surface area contributed by atoms with E-state index in [9.17, 15) is 0 Å². The zero-order valence-corrected chi connectivity index (χ0v) is 13.8. The van der Waals surface area contributed by atoms with Crippen molar-refractivity contribution >= 4 is 21.6 Å². The number of rotatable bonds is 3. The van der Waals surface area contributed by atoms with Crippen molar-refractivity contribution in [3.63, 3.8) is 0 Å². The molecule has 2 rings (SSSR count). The molecule has 0 radical (unpaired) electrons. The van der Waals surface area contributed by atoms with E-state index in [0.29, 0.717) is 6.54 Å². The largest absolute Gasteiger partial charge is 0.378 e. The highest BCUT2D eigenvalue weighted by molar-refractivity contribution is 9.10. The molecule has 0 saturated heterocycles. The number of anilines is 1. The van der Waals surface area contributed by atoms with Crippen LogP contribution in [0.15, 0.2) is 16.6 Å². The van der Waals surface area contributed by atoms with Gasteiger partial charge in [-0.2, -0.15) is 0 Å². The average molecular weight is 325 g/mol. The van der Waals surface area contributed by atoms with Gasteiger partial charge in [0.15, 0.2) is 0 Å². The van der Waals surface area contributed by atoms with E-state index >= 15 is 0 Å². The van der Waals surface area contributed by atoms with E-state index in [2.05, 4.69) is 54.2 Å². The van der Waals surface area contributed by atoms with Gasteiger partial charge in [-0.1, -0.05) is 22.9 Å². The van der Waals surface area contributed by atoms with Gasteiger partial charge < -0.3 is 11.1 Å². The summed E-state index contributed by atoms with van der Waals surface area (Å²) >= 11 is 3.62. The summed E-state index contributed by atoms with van der Waals surface area (Å²) in [6, 6.07) is 4.43. The SMILES string of the molecule is Cc1cc(NC2(CN)CCC(C)CC2)cc(C)c1Br. The molecule has 3 N–H and O–H groups in total. The lowest BCUT2D eigenvalue weighted by atomic mass is 9.77. The smallest absolute Gasteiger partial charge is 0.0495 e. The molecule has 0 bridgehead atoms. The minimum atomic E-state index is 0.0964. The lowest BCUT2D eigenvalue weighted by molar-refractivity contribution is 0.272. The first-order valence-corrected chi connectivity index (χ1v) is 8.00. The van der Waals surface area contributed by atoms with Crippen LogP contribution in [0.25, 0.3) is 0 Å². The van der Waals surface area contributed by atoms with E-state index in [1.54, 1.807) is 0 Å². The molecule has 1 aromatic carbocycles. The molecule has 0 unspecified atom stereocenters. The number of nitrogens with one attached hydrogen (secondary N) is 1. The van der Waals surface area contributed by atoms with E-state index in [-0.39, 0.29) is 5.54 Å². The molecule has 1 aromatic rings. The Bertz CT molecular complexity index is 425. The second-order valence-electron chi connectivity index (χ2n) is 6.22. The number of halogens is 1. The molecule has 0 aromatic heterocycles. The topological polar surface area (TPSA) is 38.0 Å². The molecule has 106 valence electrons. The van der Waals surface area contributed by atoms with Crippen LogP contribution >= 0.6 is 15.9 Å². The first-order valence-electron chi connectivity index (χ1n) is 7.21. The van der Waals surface area contributed by atoms with Gasteiger partial charge in [0, 0.05) is 22.2 Å². The van der Waals surface area contributed by atoms with Crippen LogP contribution in [0, 0.1) is 19.8 Å². The number of aryl methyl sites for hydroxylation is 2. The van der Waals surface area contributed by atoms with E-state index in [4.69, 9.17) is 5.73 Å². The third-order valence-electron chi connectivity index (χ3n) is 4.47. The summed E-state index contributed by atoms with van der Waals surface area (Å²) in [6.07, 6.45) is 4.91. The van der Waals surface area contributed by atoms with Crippen LogP contribution < -0.4 is 11.1 Å². The molecule has 0 aliphatic heterocycles. The fourth-order valence-electron chi connectivity index (χ4n) is 3.02. The van der Waals surface area contributed by atoms with Crippen molar-refractivity contribution in [3.05, 3.63) is 27.7 Å². The summed E-state index contributed by atoms with van der Waals surface area (Å²) in [5.41, 5.74) is 9.92. The van der Waals surface area contributed by atoms with E-state index in [0.717, 1.165) is 5.92 Å². The molecule has 1 fully saturated rings. The summed E-state index contributed by atoms with van der Waals surface area (Å²) in [6.45, 7) is 7.34. The molecular weight excluding hydrogens is 300 g/mol. The monoisotopic (exact) mass is 324 g/mol. The third kappa shape index (κ3) is 3.32. The van der Waals surface area contributed by atoms with Crippen molar-refractivity contribution in [1.82, 2.24) is 0 Å². The van der Waals surface area contributed by atoms with Crippen LogP contribution in [0.5, 0.6) is 0 Å². The van der Waals surface area contributed by atoms with Crippen LogP contribution in [0.1, 0.15) is 43.7 Å². The van der Waals surface area contributed by atoms with Crippen LogP contribution in [0.4, 0.5) is 5.69 Å². The molecule has 0 amide bonds. The summed E-state index contributed by atoms with van der Waals surface area (Å²) in [7, 11) is 0. The van der Waals surface area contributed by atoms with Gasteiger partial charge in [0.25, 0.3) is 0 Å². The highest BCUT2D eigenvalue weighted by Gasteiger charge is 2.32. The van der Waals surface area contributed by atoms with Gasteiger partial charge in [0.1, 0.15) is 0 Å². The maximum atomic E-state index is 6.07. The zero-order valence-electron chi connectivity index (χ0n) is 12.2. The zero-order chi connectivity index (χ0) is 14.0. The molecule has 0 heterocycles. The number of nitrogens with two attached hydrogens (primary N) is 1. The number of benzene rings is 1. The highest BCUT2D eigenvalue weighted by Crippen LogP contribution is 2.35. The van der Waals surface area contributed by atoms with Crippen LogP contribution in [-0.4, -0.2) is 12.1 Å². The normalized spacial score (nSPS) is 27.3. The molecule has 1 saturated carbocycles. The van der Waals surface area contributed by atoms with Gasteiger partial charge in [-0.25, -0.2) is 0 Å². The molecule has 19 heavy (non-hydrogen) atoms. The van der Waals surface area contributed by atoms with Crippen LogP contribution in [0.2, 0.25) is 0 Å². The maximum Gasteiger partial charge on any atom is 0.0495 e. The Morgan fingerprint density at radius 3 is 2.26 bits per heavy atom. The van der Waals surface area contributed by atoms with Crippen molar-refractivity contribution in [1.29, 1.82) is 0 Å². The summed E-state index contributed by atoms with van der Waals surface area (Å²) in [4.78, 5) is 0. The quantitative estimate of drug-likeness (QED) is 0.865. The first kappa shape index (κ1) is 14.9. The van der Waals surface area contributed by atoms with Crippen LogP contribution in [-0.2, 0) is 0 Å². The first-order chi connectivity index (χ1) is 8.96. The molecular formula is C16H25BrN2. The second-order valence-corrected chi connectivity index (χ2v) is 7.01. The van der Waals surface area contributed by atoms with E-state index in [1.807, 2.05) is 0 Å². The third-order valence-corrected chi connectivity index (χ3v) is 5.72. The minimum Gasteiger partial charge on any atom is -0.378 e. The van der Waals surface area contributed by atoms with Gasteiger partial charge >= 0.3 is 0 Å². The molecule has 0 atom stereocenters. The molecule has 1 aliphatic rings. The maximum absolute atomic E-state index is 6.07. The fourth-order valence-corrected chi connectivity index (χ4v) is 3.25. The predicted molar refractivity (Wildman–Crippen MR) is 86.7 cm³/mol. The second kappa shape index (κ2) is 5.84. The summed E-state index contributed by atoms with van der Waals surface area (Å²) < 4.78 is 1.21. The summed E-state index contributed by atoms with van der Waals surface area (Å²) in [5.74, 6) is 0.842. The minimum absolute atomic E-state index is 0.0964. The Morgan fingerprint density at radius 2 is 1.79 bits per heavy atom. The van der Waals surface area contributed by atoms with Crippen molar-refractivity contribution in [2.75, 3.05) is 11.9 Å². The summed E-state index contributed by atoms with van der Waals surface area (Å²) in [5, 5.41) is 3.73. The lowest BCUT2D eigenvalue weighted by Gasteiger charge is -2.40. The van der Waals surface area contributed by atoms with Crippen molar-refractivity contribution in [2.45, 2.75) is 52.0 Å². The lowest BCUT2D eigenvalue weighted by Crippen LogP contribution is -2.48. The van der Waals surface area contributed by atoms with Crippen molar-refractivity contribution < 1.29 is 0 Å². The van der Waals surface area contributed by atoms with Gasteiger partial charge in [-0.15, -0.1) is 0 Å². The molecule has 1 aliphatic carbocycles. The Balaban J connectivity index is 2.19.